The molecule has 16 heavy (non-hydrogen) atoms. The topological polar surface area (TPSA) is 72.0 Å². The molecule has 0 atom stereocenters. The molecule has 88 valence electrons. The monoisotopic (exact) mass is 251 g/mol. The number of aliphatic hydroxyl groups excluding tert-OH is 1. The quantitative estimate of drug-likeness (QED) is 0.478. The number of alkyl halides is 3. The number of rotatable bonds is 2. The predicted molar refractivity (Wildman–Crippen MR) is 53.6 cm³/mol. The molecule has 4 nitrogen and oxygen atoms in total. The van der Waals surface area contributed by atoms with E-state index < -0.39 is 17.6 Å². The molecule has 0 aliphatic rings. The van der Waals surface area contributed by atoms with Crippen molar-refractivity contribution in [1.82, 2.24) is 9.97 Å². The summed E-state index contributed by atoms with van der Waals surface area (Å²) in [4.78, 5) is 6.98. The van der Waals surface area contributed by atoms with Crippen LogP contribution < -0.4 is 5.73 Å². The second kappa shape index (κ2) is 4.60. The van der Waals surface area contributed by atoms with Crippen molar-refractivity contribution in [2.75, 3.05) is 6.26 Å². The molecular formula is C8H8F3N3OS. The van der Waals surface area contributed by atoms with E-state index in [0.29, 0.717) is 6.07 Å². The number of hydrogen-bond acceptors (Lipinski definition) is 5. The highest BCUT2D eigenvalue weighted by Gasteiger charge is 2.33. The van der Waals surface area contributed by atoms with E-state index in [1.165, 1.54) is 6.26 Å². The molecule has 0 aromatic carbocycles. The van der Waals surface area contributed by atoms with Gasteiger partial charge in [-0.3, -0.25) is 0 Å². The zero-order valence-electron chi connectivity index (χ0n) is 8.12. The lowest BCUT2D eigenvalue weighted by molar-refractivity contribution is -0.141. The Bertz CT molecular complexity index is 419. The summed E-state index contributed by atoms with van der Waals surface area (Å²) in [5, 5.41) is 9.12. The van der Waals surface area contributed by atoms with E-state index >= 15 is 0 Å². The van der Waals surface area contributed by atoms with Crippen LogP contribution in [0.5, 0.6) is 0 Å². The van der Waals surface area contributed by atoms with Crippen LogP contribution in [0.3, 0.4) is 0 Å². The molecule has 1 rings (SSSR count). The largest absolute Gasteiger partial charge is 0.504 e. The molecular weight excluding hydrogens is 243 g/mol. The second-order valence-electron chi connectivity index (χ2n) is 2.67. The van der Waals surface area contributed by atoms with Gasteiger partial charge >= 0.3 is 6.18 Å². The normalized spacial score (nSPS) is 12.9. The average Bonchev–Trinajstić information content (AvgIpc) is 2.26. The van der Waals surface area contributed by atoms with Gasteiger partial charge in [0.15, 0.2) is 10.9 Å². The first kappa shape index (κ1) is 12.6. The molecule has 0 bridgehead atoms. The molecule has 1 heterocycles. The Labute approximate surface area is 93.4 Å². The van der Waals surface area contributed by atoms with Crippen LogP contribution in [0.4, 0.5) is 13.2 Å². The van der Waals surface area contributed by atoms with Gasteiger partial charge in [0.05, 0.1) is 0 Å². The third-order valence-electron chi connectivity index (χ3n) is 1.60. The van der Waals surface area contributed by atoms with E-state index in [9.17, 15) is 18.3 Å². The SMILES string of the molecule is CSc1nc(/C(O)=C/N)cc(C(F)(F)F)n1. The van der Waals surface area contributed by atoms with Crippen LogP contribution in [0, 0.1) is 0 Å². The molecule has 8 heteroatoms. The van der Waals surface area contributed by atoms with Crippen molar-refractivity contribution in [3.63, 3.8) is 0 Å². The summed E-state index contributed by atoms with van der Waals surface area (Å²) < 4.78 is 37.3. The number of hydrogen-bond donors (Lipinski definition) is 2. The van der Waals surface area contributed by atoms with E-state index in [0.717, 1.165) is 18.0 Å². The van der Waals surface area contributed by atoms with Crippen LogP contribution in [0.25, 0.3) is 5.76 Å². The van der Waals surface area contributed by atoms with Crippen molar-refractivity contribution < 1.29 is 18.3 Å². The van der Waals surface area contributed by atoms with Crippen molar-refractivity contribution in [2.24, 2.45) is 5.73 Å². The van der Waals surface area contributed by atoms with Gasteiger partial charge in [-0.1, -0.05) is 11.8 Å². The van der Waals surface area contributed by atoms with Gasteiger partial charge in [-0.05, 0) is 12.3 Å². The molecule has 3 N–H and O–H groups in total. The van der Waals surface area contributed by atoms with Crippen LogP contribution in [0.1, 0.15) is 11.4 Å². The van der Waals surface area contributed by atoms with Gasteiger partial charge in [0, 0.05) is 6.20 Å². The molecule has 0 radical (unpaired) electrons. The lowest BCUT2D eigenvalue weighted by Gasteiger charge is -2.08. The van der Waals surface area contributed by atoms with Crippen molar-refractivity contribution in [3.8, 4) is 0 Å². The first-order chi connectivity index (χ1) is 7.38. The van der Waals surface area contributed by atoms with Crippen LogP contribution in [0.15, 0.2) is 17.4 Å². The Hall–Kier alpha value is -1.44. The average molecular weight is 251 g/mol. The molecule has 0 saturated heterocycles. The van der Waals surface area contributed by atoms with Gasteiger partial charge in [0.1, 0.15) is 11.4 Å². The Morgan fingerprint density at radius 2 is 2.12 bits per heavy atom. The molecule has 0 saturated carbocycles. The Kier molecular flexibility index (Phi) is 3.63. The van der Waals surface area contributed by atoms with Gasteiger partial charge in [0.2, 0.25) is 0 Å². The molecule has 0 amide bonds. The lowest BCUT2D eigenvalue weighted by atomic mass is 10.3. The smallest absolute Gasteiger partial charge is 0.433 e. The molecule has 0 unspecified atom stereocenters. The fourth-order valence-corrected chi connectivity index (χ4v) is 1.26. The zero-order chi connectivity index (χ0) is 12.3. The van der Waals surface area contributed by atoms with E-state index in [-0.39, 0.29) is 10.9 Å². The zero-order valence-corrected chi connectivity index (χ0v) is 8.93. The van der Waals surface area contributed by atoms with E-state index in [2.05, 4.69) is 9.97 Å². The van der Waals surface area contributed by atoms with Crippen molar-refractivity contribution in [3.05, 3.63) is 23.7 Å². The number of nitrogens with two attached hydrogens (primary N) is 1. The third kappa shape index (κ3) is 2.78. The molecule has 1 aromatic heterocycles. The number of nitrogens with zero attached hydrogens (tertiary/aromatic N) is 2. The first-order valence-electron chi connectivity index (χ1n) is 4.00. The maximum absolute atomic E-state index is 12.4. The minimum Gasteiger partial charge on any atom is -0.504 e. The molecule has 0 fully saturated rings. The fraction of sp³-hybridized carbons (Fsp3) is 0.250. The predicted octanol–water partition coefficient (Wildman–Crippen LogP) is 2.03. The Morgan fingerprint density at radius 1 is 1.50 bits per heavy atom. The number of thioether (sulfide) groups is 1. The van der Waals surface area contributed by atoms with E-state index in [4.69, 9.17) is 5.73 Å². The summed E-state index contributed by atoms with van der Waals surface area (Å²) in [6.45, 7) is 0. The van der Waals surface area contributed by atoms with Gasteiger partial charge < -0.3 is 10.8 Å². The minimum absolute atomic E-state index is 0.0850. The van der Waals surface area contributed by atoms with E-state index in [1.807, 2.05) is 0 Å². The Morgan fingerprint density at radius 3 is 2.56 bits per heavy atom. The van der Waals surface area contributed by atoms with Gasteiger partial charge in [-0.25, -0.2) is 9.97 Å². The van der Waals surface area contributed by atoms with E-state index in [1.54, 1.807) is 0 Å². The highest BCUT2D eigenvalue weighted by Crippen LogP contribution is 2.29. The highest BCUT2D eigenvalue weighted by molar-refractivity contribution is 7.98. The first-order valence-corrected chi connectivity index (χ1v) is 5.22. The molecule has 1 aromatic rings. The van der Waals surface area contributed by atoms with Crippen LogP contribution in [-0.4, -0.2) is 21.3 Å². The van der Waals surface area contributed by atoms with Crippen molar-refractivity contribution >= 4 is 17.5 Å². The Balaban J connectivity index is 3.32. The highest BCUT2D eigenvalue weighted by atomic mass is 32.2. The van der Waals surface area contributed by atoms with Crippen LogP contribution >= 0.6 is 11.8 Å². The second-order valence-corrected chi connectivity index (χ2v) is 3.45. The number of halogens is 3. The summed E-state index contributed by atoms with van der Waals surface area (Å²) in [6, 6.07) is 0.637. The summed E-state index contributed by atoms with van der Waals surface area (Å²) in [5.74, 6) is -0.525. The summed E-state index contributed by atoms with van der Waals surface area (Å²) in [5.41, 5.74) is 3.62. The minimum atomic E-state index is -4.59. The van der Waals surface area contributed by atoms with Gasteiger partial charge in [0.25, 0.3) is 0 Å². The number of aromatic nitrogens is 2. The summed E-state index contributed by atoms with van der Waals surface area (Å²) >= 11 is 0.940. The maximum atomic E-state index is 12.4. The van der Waals surface area contributed by atoms with Gasteiger partial charge in [-0.2, -0.15) is 13.2 Å². The van der Waals surface area contributed by atoms with Crippen molar-refractivity contribution in [1.29, 1.82) is 0 Å². The van der Waals surface area contributed by atoms with Crippen molar-refractivity contribution in [2.45, 2.75) is 11.3 Å². The molecule has 0 aliphatic carbocycles. The fourth-order valence-electron chi connectivity index (χ4n) is 0.878. The maximum Gasteiger partial charge on any atom is 0.433 e. The van der Waals surface area contributed by atoms with Crippen LogP contribution in [-0.2, 0) is 6.18 Å². The van der Waals surface area contributed by atoms with Crippen LogP contribution in [0.2, 0.25) is 0 Å². The molecule has 0 spiro atoms. The summed E-state index contributed by atoms with van der Waals surface area (Å²) in [6.07, 6.45) is -2.29. The summed E-state index contributed by atoms with van der Waals surface area (Å²) in [7, 11) is 0. The van der Waals surface area contributed by atoms with Gasteiger partial charge in [-0.15, -0.1) is 0 Å². The third-order valence-corrected chi connectivity index (χ3v) is 2.15. The lowest BCUT2D eigenvalue weighted by Crippen LogP contribution is -2.11. The standard InChI is InChI=1S/C8H8F3N3OS/c1-16-7-13-4(5(15)3-12)2-6(14-7)8(9,10)11/h2-3,15H,12H2,1H3/b5-3-. The molecule has 0 aliphatic heterocycles. The number of aliphatic hydroxyl groups is 1.